The van der Waals surface area contributed by atoms with Gasteiger partial charge in [0.1, 0.15) is 5.82 Å². The fourth-order valence-corrected chi connectivity index (χ4v) is 3.37. The second-order valence-corrected chi connectivity index (χ2v) is 7.16. The number of aliphatic hydroxyl groups is 1. The van der Waals surface area contributed by atoms with Gasteiger partial charge in [0.05, 0.1) is 6.10 Å². The molecule has 0 spiro atoms. The molecule has 0 radical (unpaired) electrons. The molecule has 1 heterocycles. The monoisotopic (exact) mass is 396 g/mol. The van der Waals surface area contributed by atoms with E-state index in [0.717, 1.165) is 5.56 Å². The third-order valence-corrected chi connectivity index (χ3v) is 5.10. The summed E-state index contributed by atoms with van der Waals surface area (Å²) in [5, 5.41) is 12.9. The van der Waals surface area contributed by atoms with Crippen LogP contribution in [-0.4, -0.2) is 41.5 Å². The van der Waals surface area contributed by atoms with Crippen molar-refractivity contribution in [3.05, 3.63) is 77.6 Å². The molecule has 1 aliphatic heterocycles. The molecule has 0 saturated carbocycles. The smallest absolute Gasteiger partial charge is 0.246 e. The van der Waals surface area contributed by atoms with E-state index < -0.39 is 11.9 Å². The maximum atomic E-state index is 13.2. The molecular formula is C23H25FN2O3. The predicted molar refractivity (Wildman–Crippen MR) is 109 cm³/mol. The first kappa shape index (κ1) is 20.7. The summed E-state index contributed by atoms with van der Waals surface area (Å²) in [5.74, 6) is -0.829. The van der Waals surface area contributed by atoms with Crippen LogP contribution in [0.5, 0.6) is 0 Å². The normalized spacial score (nSPS) is 16.0. The summed E-state index contributed by atoms with van der Waals surface area (Å²) in [5.41, 5.74) is 1.39. The molecule has 0 aliphatic carbocycles. The second-order valence-electron chi connectivity index (χ2n) is 7.16. The van der Waals surface area contributed by atoms with Crippen LogP contribution in [0.2, 0.25) is 0 Å². The lowest BCUT2D eigenvalue weighted by Crippen LogP contribution is -2.43. The minimum Gasteiger partial charge on any atom is -0.387 e. The number of hydrogen-bond donors (Lipinski definition) is 2. The van der Waals surface area contributed by atoms with Gasteiger partial charge in [-0.2, -0.15) is 0 Å². The second kappa shape index (κ2) is 9.98. The van der Waals surface area contributed by atoms with Crippen molar-refractivity contribution in [3.8, 4) is 0 Å². The van der Waals surface area contributed by atoms with Gasteiger partial charge in [0, 0.05) is 31.6 Å². The Labute approximate surface area is 169 Å². The van der Waals surface area contributed by atoms with Crippen LogP contribution >= 0.6 is 0 Å². The number of piperidine rings is 1. The number of halogens is 1. The number of carbonyl (C=O) groups excluding carboxylic acids is 2. The van der Waals surface area contributed by atoms with E-state index in [1.807, 2.05) is 30.3 Å². The summed E-state index contributed by atoms with van der Waals surface area (Å²) in [7, 11) is 0. The van der Waals surface area contributed by atoms with Crippen LogP contribution in [-0.2, 0) is 9.59 Å². The van der Waals surface area contributed by atoms with Gasteiger partial charge in [-0.1, -0.05) is 42.5 Å². The third-order valence-electron chi connectivity index (χ3n) is 5.10. The highest BCUT2D eigenvalue weighted by Crippen LogP contribution is 2.19. The highest BCUT2D eigenvalue weighted by atomic mass is 19.1. The van der Waals surface area contributed by atoms with Crippen molar-refractivity contribution < 1.29 is 19.1 Å². The molecular weight excluding hydrogens is 371 g/mol. The number of aliphatic hydroxyl groups excluding tert-OH is 1. The molecule has 2 aromatic carbocycles. The first-order valence-electron chi connectivity index (χ1n) is 9.76. The van der Waals surface area contributed by atoms with Crippen LogP contribution in [0, 0.1) is 11.7 Å². The Bertz CT molecular complexity index is 861. The Kier molecular flexibility index (Phi) is 7.14. The zero-order chi connectivity index (χ0) is 20.6. The van der Waals surface area contributed by atoms with Crippen LogP contribution in [0.1, 0.15) is 30.1 Å². The highest BCUT2D eigenvalue weighted by molar-refractivity contribution is 5.92. The van der Waals surface area contributed by atoms with E-state index in [1.54, 1.807) is 23.1 Å². The molecule has 2 amide bonds. The number of nitrogens with zero attached hydrogens (tertiary/aromatic N) is 1. The van der Waals surface area contributed by atoms with Crippen molar-refractivity contribution in [3.63, 3.8) is 0 Å². The summed E-state index contributed by atoms with van der Waals surface area (Å²) in [6.45, 7) is 1.06. The average molecular weight is 396 g/mol. The average Bonchev–Trinajstić information content (AvgIpc) is 2.76. The van der Waals surface area contributed by atoms with E-state index in [0.29, 0.717) is 31.5 Å². The van der Waals surface area contributed by atoms with Gasteiger partial charge in [0.2, 0.25) is 11.8 Å². The van der Waals surface area contributed by atoms with Crippen LogP contribution < -0.4 is 5.32 Å². The Morgan fingerprint density at radius 3 is 2.55 bits per heavy atom. The van der Waals surface area contributed by atoms with E-state index in [1.165, 1.54) is 18.2 Å². The molecule has 2 N–H and O–H groups in total. The molecule has 1 saturated heterocycles. The van der Waals surface area contributed by atoms with Crippen LogP contribution in [0.3, 0.4) is 0 Å². The molecule has 1 fully saturated rings. The molecule has 6 heteroatoms. The minimum atomic E-state index is -0.959. The Hall–Kier alpha value is -2.99. The van der Waals surface area contributed by atoms with E-state index in [4.69, 9.17) is 0 Å². The third kappa shape index (κ3) is 5.99. The lowest BCUT2D eigenvalue weighted by Gasteiger charge is -2.30. The molecule has 29 heavy (non-hydrogen) atoms. The number of carbonyl (C=O) groups is 2. The van der Waals surface area contributed by atoms with Gasteiger partial charge in [-0.15, -0.1) is 0 Å². The lowest BCUT2D eigenvalue weighted by atomic mass is 9.95. The molecule has 1 atom stereocenters. The maximum absolute atomic E-state index is 13.2. The zero-order valence-electron chi connectivity index (χ0n) is 16.1. The summed E-state index contributed by atoms with van der Waals surface area (Å²) in [6, 6.07) is 15.3. The Morgan fingerprint density at radius 2 is 1.86 bits per heavy atom. The Morgan fingerprint density at radius 1 is 1.14 bits per heavy atom. The molecule has 0 aromatic heterocycles. The van der Waals surface area contributed by atoms with Crippen LogP contribution in [0.25, 0.3) is 6.08 Å². The zero-order valence-corrected chi connectivity index (χ0v) is 16.1. The van der Waals surface area contributed by atoms with Crippen molar-refractivity contribution >= 4 is 17.9 Å². The SMILES string of the molecule is O=C(NCC(O)c1cccc(F)c1)C1CCN(C(=O)/C=C/c2ccccc2)CC1. The van der Waals surface area contributed by atoms with Gasteiger partial charge in [0.25, 0.3) is 0 Å². The van der Waals surface area contributed by atoms with Crippen LogP contribution in [0.15, 0.2) is 60.7 Å². The van der Waals surface area contributed by atoms with Gasteiger partial charge in [-0.3, -0.25) is 9.59 Å². The van der Waals surface area contributed by atoms with Gasteiger partial charge >= 0.3 is 0 Å². The quantitative estimate of drug-likeness (QED) is 0.738. The van der Waals surface area contributed by atoms with Crippen molar-refractivity contribution in [1.29, 1.82) is 0 Å². The number of amides is 2. The highest BCUT2D eigenvalue weighted by Gasteiger charge is 2.26. The number of rotatable bonds is 6. The molecule has 1 aliphatic rings. The van der Waals surface area contributed by atoms with E-state index in [2.05, 4.69) is 5.32 Å². The molecule has 3 rings (SSSR count). The minimum absolute atomic E-state index is 0.0290. The number of hydrogen-bond acceptors (Lipinski definition) is 3. The van der Waals surface area contributed by atoms with Gasteiger partial charge < -0.3 is 15.3 Å². The summed E-state index contributed by atoms with van der Waals surface area (Å²) in [4.78, 5) is 26.4. The van der Waals surface area contributed by atoms with Gasteiger partial charge in [0.15, 0.2) is 0 Å². The lowest BCUT2D eigenvalue weighted by molar-refractivity contribution is -0.132. The molecule has 5 nitrogen and oxygen atoms in total. The molecule has 152 valence electrons. The van der Waals surface area contributed by atoms with E-state index >= 15 is 0 Å². The molecule has 2 aromatic rings. The number of likely N-dealkylation sites (tertiary alicyclic amines) is 1. The Balaban J connectivity index is 1.43. The first-order valence-corrected chi connectivity index (χ1v) is 9.76. The van der Waals surface area contributed by atoms with Crippen molar-refractivity contribution in [2.75, 3.05) is 19.6 Å². The summed E-state index contributed by atoms with van der Waals surface area (Å²) >= 11 is 0. The van der Waals surface area contributed by atoms with E-state index in [9.17, 15) is 19.1 Å². The first-order chi connectivity index (χ1) is 14.0. The predicted octanol–water partition coefficient (Wildman–Crippen LogP) is 2.93. The van der Waals surface area contributed by atoms with Crippen molar-refractivity contribution in [2.45, 2.75) is 18.9 Å². The van der Waals surface area contributed by atoms with Gasteiger partial charge in [-0.25, -0.2) is 4.39 Å². The summed E-state index contributed by atoms with van der Waals surface area (Å²) in [6.07, 6.45) is 3.54. The summed E-state index contributed by atoms with van der Waals surface area (Å²) < 4.78 is 13.2. The molecule has 0 bridgehead atoms. The fraction of sp³-hybridized carbons (Fsp3) is 0.304. The number of nitrogens with one attached hydrogen (secondary N) is 1. The van der Waals surface area contributed by atoms with Crippen LogP contribution in [0.4, 0.5) is 4.39 Å². The van der Waals surface area contributed by atoms with Crippen molar-refractivity contribution in [1.82, 2.24) is 10.2 Å². The topological polar surface area (TPSA) is 69.6 Å². The standard InChI is InChI=1S/C23H25FN2O3/c24-20-8-4-7-19(15-20)21(27)16-25-23(29)18-11-13-26(14-12-18)22(28)10-9-17-5-2-1-3-6-17/h1-10,15,18,21,27H,11-14,16H2,(H,25,29)/b10-9+. The maximum Gasteiger partial charge on any atom is 0.246 e. The molecule has 1 unspecified atom stereocenters. The van der Waals surface area contributed by atoms with Crippen molar-refractivity contribution in [2.24, 2.45) is 5.92 Å². The largest absolute Gasteiger partial charge is 0.387 e. The fourth-order valence-electron chi connectivity index (χ4n) is 3.37. The van der Waals surface area contributed by atoms with E-state index in [-0.39, 0.29) is 24.3 Å². The number of benzene rings is 2. The van der Waals surface area contributed by atoms with Gasteiger partial charge in [-0.05, 0) is 42.2 Å².